The first-order valence-electron chi connectivity index (χ1n) is 12.2. The number of allylic oxidation sites excluding steroid dienone is 2. The summed E-state index contributed by atoms with van der Waals surface area (Å²) in [6, 6.07) is 18.5. The van der Waals surface area contributed by atoms with E-state index in [4.69, 9.17) is 4.74 Å². The Bertz CT molecular complexity index is 1450. The molecule has 4 aliphatic rings. The minimum atomic E-state index is -0.225. The molecule has 36 heavy (non-hydrogen) atoms. The Morgan fingerprint density at radius 3 is 2.25 bits per heavy atom. The molecule has 3 aliphatic carbocycles. The third kappa shape index (κ3) is 3.34. The minimum absolute atomic E-state index is 0.135. The molecule has 0 N–H and O–H groups in total. The lowest BCUT2D eigenvalue weighted by Crippen LogP contribution is -2.30. The Labute approximate surface area is 236 Å². The lowest BCUT2D eigenvalue weighted by atomic mass is 9.85. The van der Waals surface area contributed by atoms with E-state index in [1.807, 2.05) is 24.3 Å². The number of hydrogen-bond donors (Lipinski definition) is 0. The third-order valence-corrected chi connectivity index (χ3v) is 10.0. The normalized spacial score (nSPS) is 27.1. The molecule has 2 bridgehead atoms. The van der Waals surface area contributed by atoms with Crippen LogP contribution in [0.1, 0.15) is 24.0 Å². The van der Waals surface area contributed by atoms with Crippen molar-refractivity contribution < 1.29 is 14.3 Å². The van der Waals surface area contributed by atoms with Crippen LogP contribution in [0.2, 0.25) is 0 Å². The minimum Gasteiger partial charge on any atom is -0.487 e. The second kappa shape index (κ2) is 8.37. The lowest BCUT2D eigenvalue weighted by Gasteiger charge is -2.18. The Morgan fingerprint density at radius 1 is 0.944 bits per heavy atom. The van der Waals surface area contributed by atoms with Crippen molar-refractivity contribution in [1.82, 2.24) is 5.01 Å². The number of imide groups is 1. The highest BCUT2D eigenvalue weighted by atomic mass is 127. The van der Waals surface area contributed by atoms with Crippen molar-refractivity contribution in [3.8, 4) is 5.75 Å². The Balaban J connectivity index is 1.09. The van der Waals surface area contributed by atoms with Crippen LogP contribution in [-0.2, 0) is 16.2 Å². The van der Waals surface area contributed by atoms with E-state index in [9.17, 15) is 9.59 Å². The molecule has 4 atom stereocenters. The number of benzene rings is 3. The Morgan fingerprint density at radius 2 is 1.58 bits per heavy atom. The van der Waals surface area contributed by atoms with Crippen LogP contribution >= 0.6 is 45.2 Å². The van der Waals surface area contributed by atoms with Gasteiger partial charge in [0.2, 0.25) is 0 Å². The van der Waals surface area contributed by atoms with Crippen molar-refractivity contribution in [3.05, 3.63) is 85.0 Å². The van der Waals surface area contributed by atoms with Crippen LogP contribution in [0.15, 0.2) is 71.9 Å². The highest BCUT2D eigenvalue weighted by Crippen LogP contribution is 2.73. The lowest BCUT2D eigenvalue weighted by molar-refractivity contribution is -0.141. The first kappa shape index (κ1) is 22.9. The maximum Gasteiger partial charge on any atom is 0.254 e. The quantitative estimate of drug-likeness (QED) is 0.139. The molecular formula is C29H22I2N2O3. The fourth-order valence-electron chi connectivity index (χ4n) is 6.66. The Kier molecular flexibility index (Phi) is 5.32. The number of carbonyl (C=O) groups excluding carboxylic acids is 2. The van der Waals surface area contributed by atoms with Crippen LogP contribution in [0.25, 0.3) is 10.8 Å². The van der Waals surface area contributed by atoms with Gasteiger partial charge in [-0.05, 0) is 109 Å². The summed E-state index contributed by atoms with van der Waals surface area (Å²) >= 11 is 4.53. The van der Waals surface area contributed by atoms with Crippen LogP contribution in [0.4, 0.5) is 0 Å². The van der Waals surface area contributed by atoms with Crippen molar-refractivity contribution in [2.24, 2.45) is 34.2 Å². The maximum absolute atomic E-state index is 13.2. The molecule has 5 nitrogen and oxygen atoms in total. The molecular weight excluding hydrogens is 678 g/mol. The fourth-order valence-corrected chi connectivity index (χ4v) is 8.79. The molecule has 3 aromatic rings. The number of nitrogens with zero attached hydrogens (tertiary/aromatic N) is 2. The molecule has 3 aromatic carbocycles. The zero-order chi connectivity index (χ0) is 24.6. The van der Waals surface area contributed by atoms with Crippen molar-refractivity contribution >= 4 is 74.0 Å². The fraction of sp³-hybridized carbons (Fsp3) is 0.276. The van der Waals surface area contributed by atoms with Gasteiger partial charge in [-0.15, -0.1) is 0 Å². The van der Waals surface area contributed by atoms with Crippen LogP contribution in [0.5, 0.6) is 5.75 Å². The molecule has 2 amide bonds. The van der Waals surface area contributed by atoms with Crippen molar-refractivity contribution in [3.63, 3.8) is 0 Å². The molecule has 7 heteroatoms. The zero-order valence-corrected chi connectivity index (χ0v) is 23.5. The van der Waals surface area contributed by atoms with Crippen LogP contribution < -0.4 is 4.74 Å². The third-order valence-electron chi connectivity index (χ3n) is 8.42. The second-order valence-electron chi connectivity index (χ2n) is 10.2. The number of amides is 2. The van der Waals surface area contributed by atoms with Gasteiger partial charge in [0, 0.05) is 0 Å². The largest absolute Gasteiger partial charge is 0.487 e. The van der Waals surface area contributed by atoms with Gasteiger partial charge in [-0.2, -0.15) is 10.1 Å². The van der Waals surface area contributed by atoms with Gasteiger partial charge < -0.3 is 4.74 Å². The highest BCUT2D eigenvalue weighted by molar-refractivity contribution is 14.1. The number of ether oxygens (including phenoxy) is 1. The van der Waals surface area contributed by atoms with Gasteiger partial charge >= 0.3 is 0 Å². The smallest absolute Gasteiger partial charge is 0.254 e. The predicted octanol–water partition coefficient (Wildman–Crippen LogP) is 6.16. The number of rotatable bonds is 5. The summed E-state index contributed by atoms with van der Waals surface area (Å²) in [6.45, 7) is 0.470. The molecule has 0 aromatic heterocycles. The van der Waals surface area contributed by atoms with Gasteiger partial charge in [0.25, 0.3) is 11.8 Å². The summed E-state index contributed by atoms with van der Waals surface area (Å²) in [7, 11) is 0. The molecule has 1 aliphatic heterocycles. The van der Waals surface area contributed by atoms with E-state index in [-0.39, 0.29) is 40.9 Å². The average Bonchev–Trinajstić information content (AvgIpc) is 3.47. The summed E-state index contributed by atoms with van der Waals surface area (Å²) in [5.74, 6) is 0.525. The van der Waals surface area contributed by atoms with Crippen LogP contribution in [0.3, 0.4) is 0 Å². The highest BCUT2D eigenvalue weighted by Gasteiger charge is 2.73. The molecule has 0 radical (unpaired) electrons. The molecule has 1 saturated heterocycles. The molecule has 180 valence electrons. The molecule has 0 unspecified atom stereocenters. The monoisotopic (exact) mass is 700 g/mol. The van der Waals surface area contributed by atoms with Crippen molar-refractivity contribution in [2.45, 2.75) is 19.4 Å². The number of halogens is 2. The van der Waals surface area contributed by atoms with Gasteiger partial charge in [0.15, 0.2) is 0 Å². The summed E-state index contributed by atoms with van der Waals surface area (Å²) in [4.78, 5) is 26.3. The summed E-state index contributed by atoms with van der Waals surface area (Å²) in [5, 5.41) is 7.89. The van der Waals surface area contributed by atoms with E-state index in [0.717, 1.165) is 41.9 Å². The van der Waals surface area contributed by atoms with Gasteiger partial charge in [-0.25, -0.2) is 0 Å². The Hall–Kier alpha value is -2.27. The SMILES string of the molecule is O=C1[C@@H]2[C@H](C(=O)N1/N=C\c1cc(I)c(OCc3cccc4ccccc34)c(I)c1)[C@H]1C=C[C@H]2C12CC2. The van der Waals surface area contributed by atoms with Crippen LogP contribution in [0, 0.1) is 36.2 Å². The van der Waals surface area contributed by atoms with Crippen LogP contribution in [-0.4, -0.2) is 23.0 Å². The van der Waals surface area contributed by atoms with E-state index >= 15 is 0 Å². The molecule has 1 heterocycles. The standard InChI is InChI=1S/C29H22I2N2O3/c30-22-12-16(13-23(31)26(22)36-15-18-6-3-5-17-4-1-2-7-19(17)18)14-32-33-27(34)24-20-8-9-21(25(24)28(33)35)29(20)10-11-29/h1-9,12-14,20-21,24-25H,10-11,15H2/b32-14-/t20-,21-,24-,25+/m1/s1. The maximum atomic E-state index is 13.2. The van der Waals surface area contributed by atoms with Gasteiger partial charge in [-0.1, -0.05) is 54.6 Å². The van der Waals surface area contributed by atoms with E-state index < -0.39 is 0 Å². The molecule has 1 spiro atoms. The summed E-state index contributed by atoms with van der Waals surface area (Å²) in [6.07, 6.45) is 8.26. The number of carbonyl (C=O) groups is 2. The van der Waals surface area contributed by atoms with Gasteiger partial charge in [0.1, 0.15) is 12.4 Å². The topological polar surface area (TPSA) is 59.0 Å². The number of hydrazone groups is 1. The van der Waals surface area contributed by atoms with Gasteiger partial charge in [-0.3, -0.25) is 9.59 Å². The molecule has 7 rings (SSSR count). The van der Waals surface area contributed by atoms with Crippen molar-refractivity contribution in [2.75, 3.05) is 0 Å². The van der Waals surface area contributed by atoms with E-state index in [1.54, 1.807) is 6.21 Å². The van der Waals surface area contributed by atoms with E-state index in [0.29, 0.717) is 6.61 Å². The van der Waals surface area contributed by atoms with Crippen molar-refractivity contribution in [1.29, 1.82) is 0 Å². The first-order chi connectivity index (χ1) is 17.5. The molecule has 3 fully saturated rings. The van der Waals surface area contributed by atoms with E-state index in [2.05, 4.69) is 92.8 Å². The first-order valence-corrected chi connectivity index (χ1v) is 14.3. The number of hydrogen-bond acceptors (Lipinski definition) is 4. The summed E-state index contributed by atoms with van der Waals surface area (Å²) in [5.41, 5.74) is 2.17. The summed E-state index contributed by atoms with van der Waals surface area (Å²) < 4.78 is 8.16. The zero-order valence-electron chi connectivity index (χ0n) is 19.2. The van der Waals surface area contributed by atoms with E-state index in [1.165, 1.54) is 10.8 Å². The second-order valence-corrected chi connectivity index (χ2v) is 12.5. The van der Waals surface area contributed by atoms with Gasteiger partial charge in [0.05, 0.1) is 25.2 Å². The molecule has 2 saturated carbocycles. The average molecular weight is 700 g/mol. The predicted molar refractivity (Wildman–Crippen MR) is 154 cm³/mol. The number of fused-ring (bicyclic) bond motifs is 4.